The Hall–Kier alpha value is -2.11. The standard InChI is InChI=1S/C16H16ClN3OS/c1-10-3-4-11(2)14(9-10)18-16(22)20-19-15(21)12-5-7-13(17)8-6-12/h3-9H,1-2H3,(H,19,21)(H2,18,20,22). The topological polar surface area (TPSA) is 53.2 Å². The molecule has 0 heterocycles. The van der Waals surface area contributed by atoms with Crippen LogP contribution in [0.25, 0.3) is 0 Å². The van der Waals surface area contributed by atoms with Gasteiger partial charge in [-0.3, -0.25) is 15.6 Å². The molecule has 0 aliphatic heterocycles. The second kappa shape index (κ2) is 7.24. The quantitative estimate of drug-likeness (QED) is 0.580. The van der Waals surface area contributed by atoms with E-state index in [1.807, 2.05) is 32.0 Å². The number of aryl methyl sites for hydroxylation is 2. The van der Waals surface area contributed by atoms with Gasteiger partial charge < -0.3 is 5.32 Å². The number of carbonyl (C=O) groups excluding carboxylic acids is 1. The number of amides is 1. The predicted octanol–water partition coefficient (Wildman–Crippen LogP) is 3.59. The number of hydrogen-bond donors (Lipinski definition) is 3. The lowest BCUT2D eigenvalue weighted by atomic mass is 10.1. The number of benzene rings is 2. The lowest BCUT2D eigenvalue weighted by Crippen LogP contribution is -2.43. The second-order valence-electron chi connectivity index (χ2n) is 4.86. The Morgan fingerprint density at radius 1 is 1.05 bits per heavy atom. The predicted molar refractivity (Wildman–Crippen MR) is 94.2 cm³/mol. The SMILES string of the molecule is Cc1ccc(C)c(NC(=S)NNC(=O)c2ccc(Cl)cc2)c1. The smallest absolute Gasteiger partial charge is 0.269 e. The Kier molecular flexibility index (Phi) is 5.35. The summed E-state index contributed by atoms with van der Waals surface area (Å²) >= 11 is 11.0. The molecule has 0 saturated heterocycles. The fourth-order valence-electron chi connectivity index (χ4n) is 1.81. The van der Waals surface area contributed by atoms with Crippen molar-refractivity contribution in [3.63, 3.8) is 0 Å². The van der Waals surface area contributed by atoms with Crippen LogP contribution in [-0.4, -0.2) is 11.0 Å². The molecule has 3 N–H and O–H groups in total. The maximum atomic E-state index is 11.9. The molecule has 0 unspecified atom stereocenters. The maximum absolute atomic E-state index is 11.9. The molecule has 0 radical (unpaired) electrons. The van der Waals surface area contributed by atoms with Gasteiger partial charge in [-0.05, 0) is 67.5 Å². The molecule has 2 aromatic carbocycles. The first-order valence-corrected chi connectivity index (χ1v) is 7.44. The van der Waals surface area contributed by atoms with Gasteiger partial charge >= 0.3 is 0 Å². The summed E-state index contributed by atoms with van der Waals surface area (Å²) < 4.78 is 0. The van der Waals surface area contributed by atoms with Gasteiger partial charge in [0.15, 0.2) is 5.11 Å². The molecule has 114 valence electrons. The summed E-state index contributed by atoms with van der Waals surface area (Å²) in [6.07, 6.45) is 0. The van der Waals surface area contributed by atoms with Crippen LogP contribution in [0.15, 0.2) is 42.5 Å². The maximum Gasteiger partial charge on any atom is 0.269 e. The van der Waals surface area contributed by atoms with Crippen LogP contribution >= 0.6 is 23.8 Å². The minimum absolute atomic E-state index is 0.290. The van der Waals surface area contributed by atoms with E-state index >= 15 is 0 Å². The summed E-state index contributed by atoms with van der Waals surface area (Å²) in [5.41, 5.74) is 8.80. The molecular weight excluding hydrogens is 318 g/mol. The Morgan fingerprint density at radius 2 is 1.73 bits per heavy atom. The van der Waals surface area contributed by atoms with E-state index in [-0.39, 0.29) is 5.91 Å². The summed E-state index contributed by atoms with van der Waals surface area (Å²) in [4.78, 5) is 11.9. The van der Waals surface area contributed by atoms with Crippen molar-refractivity contribution in [2.45, 2.75) is 13.8 Å². The molecule has 2 aromatic rings. The Balaban J connectivity index is 1.91. The van der Waals surface area contributed by atoms with Crippen molar-refractivity contribution >= 4 is 40.5 Å². The minimum atomic E-state index is -0.290. The Bertz CT molecular complexity index is 701. The van der Waals surface area contributed by atoms with Crippen LogP contribution in [0.4, 0.5) is 5.69 Å². The largest absolute Gasteiger partial charge is 0.331 e. The van der Waals surface area contributed by atoms with Crippen LogP contribution in [0.3, 0.4) is 0 Å². The number of thiocarbonyl (C=S) groups is 1. The average Bonchev–Trinajstić information content (AvgIpc) is 2.49. The molecule has 0 saturated carbocycles. The van der Waals surface area contributed by atoms with Gasteiger partial charge in [0.1, 0.15) is 0 Å². The molecule has 1 amide bonds. The van der Waals surface area contributed by atoms with E-state index in [1.54, 1.807) is 24.3 Å². The second-order valence-corrected chi connectivity index (χ2v) is 5.70. The van der Waals surface area contributed by atoms with E-state index < -0.39 is 0 Å². The van der Waals surface area contributed by atoms with Crippen molar-refractivity contribution in [3.8, 4) is 0 Å². The van der Waals surface area contributed by atoms with E-state index in [0.29, 0.717) is 15.7 Å². The first kappa shape index (κ1) is 16.3. The van der Waals surface area contributed by atoms with Crippen LogP contribution in [0, 0.1) is 13.8 Å². The van der Waals surface area contributed by atoms with Crippen molar-refractivity contribution in [2.75, 3.05) is 5.32 Å². The Labute approximate surface area is 139 Å². The van der Waals surface area contributed by atoms with Crippen molar-refractivity contribution in [2.24, 2.45) is 0 Å². The van der Waals surface area contributed by atoms with E-state index in [0.717, 1.165) is 16.8 Å². The molecule has 0 aliphatic rings. The van der Waals surface area contributed by atoms with Crippen LogP contribution in [0.2, 0.25) is 5.02 Å². The van der Waals surface area contributed by atoms with Crippen LogP contribution < -0.4 is 16.2 Å². The summed E-state index contributed by atoms with van der Waals surface area (Å²) in [5, 5.41) is 3.95. The fourth-order valence-corrected chi connectivity index (χ4v) is 2.10. The monoisotopic (exact) mass is 333 g/mol. The van der Waals surface area contributed by atoms with Gasteiger partial charge in [-0.2, -0.15) is 0 Å². The highest BCUT2D eigenvalue weighted by Gasteiger charge is 2.06. The summed E-state index contributed by atoms with van der Waals surface area (Å²) in [6.45, 7) is 3.99. The first-order valence-electron chi connectivity index (χ1n) is 6.66. The molecule has 0 aliphatic carbocycles. The lowest BCUT2D eigenvalue weighted by Gasteiger charge is -2.13. The molecule has 6 heteroatoms. The van der Waals surface area contributed by atoms with Gasteiger partial charge in [0.2, 0.25) is 0 Å². The fraction of sp³-hybridized carbons (Fsp3) is 0.125. The first-order chi connectivity index (χ1) is 10.5. The van der Waals surface area contributed by atoms with Gasteiger partial charge in [-0.15, -0.1) is 0 Å². The summed E-state index contributed by atoms with van der Waals surface area (Å²) in [5.74, 6) is -0.290. The zero-order valence-corrected chi connectivity index (χ0v) is 13.8. The third-order valence-electron chi connectivity index (χ3n) is 3.04. The number of hydrogen-bond acceptors (Lipinski definition) is 2. The molecule has 0 atom stereocenters. The van der Waals surface area contributed by atoms with Gasteiger partial charge in [0, 0.05) is 16.3 Å². The summed E-state index contributed by atoms with van der Waals surface area (Å²) in [7, 11) is 0. The number of anilines is 1. The van der Waals surface area contributed by atoms with Gasteiger partial charge in [-0.25, -0.2) is 0 Å². The van der Waals surface area contributed by atoms with Gasteiger partial charge in [0.05, 0.1) is 0 Å². The highest BCUT2D eigenvalue weighted by atomic mass is 35.5. The number of nitrogens with one attached hydrogen (secondary N) is 3. The number of hydrazine groups is 1. The van der Waals surface area contributed by atoms with Crippen molar-refractivity contribution < 1.29 is 4.79 Å². The van der Waals surface area contributed by atoms with Crippen molar-refractivity contribution in [1.29, 1.82) is 0 Å². The third-order valence-corrected chi connectivity index (χ3v) is 3.49. The van der Waals surface area contributed by atoms with Crippen LogP contribution in [-0.2, 0) is 0 Å². The molecule has 0 spiro atoms. The van der Waals surface area contributed by atoms with Crippen molar-refractivity contribution in [3.05, 3.63) is 64.2 Å². The summed E-state index contributed by atoms with van der Waals surface area (Å²) in [6, 6.07) is 12.6. The van der Waals surface area contributed by atoms with Crippen LogP contribution in [0.1, 0.15) is 21.5 Å². The normalized spacial score (nSPS) is 9.95. The van der Waals surface area contributed by atoms with Crippen LogP contribution in [0.5, 0.6) is 0 Å². The molecule has 2 rings (SSSR count). The average molecular weight is 334 g/mol. The van der Waals surface area contributed by atoms with E-state index in [9.17, 15) is 4.79 Å². The number of rotatable bonds is 2. The molecule has 0 aromatic heterocycles. The van der Waals surface area contributed by atoms with Gasteiger partial charge in [-0.1, -0.05) is 23.7 Å². The van der Waals surface area contributed by atoms with E-state index in [4.69, 9.17) is 23.8 Å². The minimum Gasteiger partial charge on any atom is -0.331 e. The number of carbonyl (C=O) groups is 1. The molecule has 0 fully saturated rings. The Morgan fingerprint density at radius 3 is 2.41 bits per heavy atom. The zero-order chi connectivity index (χ0) is 16.1. The molecular formula is C16H16ClN3OS. The van der Waals surface area contributed by atoms with E-state index in [1.165, 1.54) is 0 Å². The molecule has 4 nitrogen and oxygen atoms in total. The third kappa shape index (κ3) is 4.44. The molecule has 22 heavy (non-hydrogen) atoms. The zero-order valence-electron chi connectivity index (χ0n) is 12.2. The van der Waals surface area contributed by atoms with Crippen molar-refractivity contribution in [1.82, 2.24) is 10.9 Å². The highest BCUT2D eigenvalue weighted by Crippen LogP contribution is 2.16. The number of halogens is 1. The van der Waals surface area contributed by atoms with Gasteiger partial charge in [0.25, 0.3) is 5.91 Å². The highest BCUT2D eigenvalue weighted by molar-refractivity contribution is 7.80. The molecule has 0 bridgehead atoms. The van der Waals surface area contributed by atoms with E-state index in [2.05, 4.69) is 16.2 Å². The lowest BCUT2D eigenvalue weighted by molar-refractivity contribution is 0.0944.